The zero-order valence-corrected chi connectivity index (χ0v) is 20.9. The van der Waals surface area contributed by atoms with Crippen molar-refractivity contribution in [3.8, 4) is 5.75 Å². The molecule has 0 saturated heterocycles. The predicted octanol–water partition coefficient (Wildman–Crippen LogP) is 6.28. The number of ether oxygens (including phenoxy) is 1. The SMILES string of the molecule is CC[C@H](C(=O)NC1CCCCC1)N(Cc1ccc(Cl)c(Cl)c1)C(=O)COc1cccc(Cl)c1. The van der Waals surface area contributed by atoms with Crippen LogP contribution in [-0.2, 0) is 16.1 Å². The molecule has 5 nitrogen and oxygen atoms in total. The second-order valence-corrected chi connectivity index (χ2v) is 9.53. The summed E-state index contributed by atoms with van der Waals surface area (Å²) in [7, 11) is 0. The molecule has 2 amide bonds. The number of carbonyl (C=O) groups excluding carboxylic acids is 2. The van der Waals surface area contributed by atoms with Gasteiger partial charge < -0.3 is 15.0 Å². The lowest BCUT2D eigenvalue weighted by atomic mass is 9.95. The van der Waals surface area contributed by atoms with E-state index in [1.165, 1.54) is 6.42 Å². The van der Waals surface area contributed by atoms with Crippen molar-refractivity contribution in [2.45, 2.75) is 64.1 Å². The van der Waals surface area contributed by atoms with Crippen LogP contribution in [0, 0.1) is 0 Å². The largest absolute Gasteiger partial charge is 0.484 e. The normalized spacial score (nSPS) is 15.0. The lowest BCUT2D eigenvalue weighted by Gasteiger charge is -2.32. The Balaban J connectivity index is 1.77. The number of nitrogens with one attached hydrogen (secondary N) is 1. The molecule has 3 rings (SSSR count). The molecule has 1 saturated carbocycles. The van der Waals surface area contributed by atoms with E-state index in [4.69, 9.17) is 39.5 Å². The molecular formula is C25H29Cl3N2O3. The van der Waals surface area contributed by atoms with Crippen LogP contribution in [0.1, 0.15) is 51.0 Å². The molecule has 2 aromatic carbocycles. The maximum Gasteiger partial charge on any atom is 0.261 e. The fourth-order valence-corrected chi connectivity index (χ4v) is 4.58. The van der Waals surface area contributed by atoms with Gasteiger partial charge in [0, 0.05) is 17.6 Å². The van der Waals surface area contributed by atoms with Gasteiger partial charge in [-0.1, -0.05) is 73.1 Å². The minimum absolute atomic E-state index is 0.138. The summed E-state index contributed by atoms with van der Waals surface area (Å²) in [4.78, 5) is 28.0. The maximum atomic E-state index is 13.3. The Hall–Kier alpha value is -1.95. The number of hydrogen-bond donors (Lipinski definition) is 1. The molecule has 0 bridgehead atoms. The van der Waals surface area contributed by atoms with Gasteiger partial charge in [-0.15, -0.1) is 0 Å². The lowest BCUT2D eigenvalue weighted by molar-refractivity contribution is -0.143. The van der Waals surface area contributed by atoms with Gasteiger partial charge in [0.25, 0.3) is 5.91 Å². The standard InChI is InChI=1S/C25H29Cl3N2O3/c1-2-23(25(32)29-19-8-4-3-5-9-19)30(15-17-11-12-21(27)22(28)13-17)24(31)16-33-20-10-6-7-18(26)14-20/h6-7,10-14,19,23H,2-5,8-9,15-16H2,1H3,(H,29,32)/t23-/m1/s1. The average molecular weight is 512 g/mol. The maximum absolute atomic E-state index is 13.3. The molecule has 1 atom stereocenters. The predicted molar refractivity (Wildman–Crippen MR) is 133 cm³/mol. The van der Waals surface area contributed by atoms with Gasteiger partial charge in [0.1, 0.15) is 11.8 Å². The molecule has 1 aliphatic rings. The second-order valence-electron chi connectivity index (χ2n) is 8.28. The fourth-order valence-electron chi connectivity index (χ4n) is 4.08. The van der Waals surface area contributed by atoms with E-state index in [1.54, 1.807) is 47.4 Å². The van der Waals surface area contributed by atoms with Crippen LogP contribution in [0.2, 0.25) is 15.1 Å². The summed E-state index contributed by atoms with van der Waals surface area (Å²) in [5.41, 5.74) is 0.782. The summed E-state index contributed by atoms with van der Waals surface area (Å²) in [6, 6.07) is 11.6. The molecular weight excluding hydrogens is 483 g/mol. The van der Waals surface area contributed by atoms with Crippen LogP contribution in [0.15, 0.2) is 42.5 Å². The lowest BCUT2D eigenvalue weighted by Crippen LogP contribution is -2.52. The summed E-state index contributed by atoms with van der Waals surface area (Å²) in [5, 5.41) is 4.51. The van der Waals surface area contributed by atoms with Crippen molar-refractivity contribution >= 4 is 46.6 Å². The van der Waals surface area contributed by atoms with E-state index in [9.17, 15) is 9.59 Å². The molecule has 0 unspecified atom stereocenters. The summed E-state index contributed by atoms with van der Waals surface area (Å²) >= 11 is 18.3. The van der Waals surface area contributed by atoms with E-state index in [0.717, 1.165) is 31.2 Å². The molecule has 0 radical (unpaired) electrons. The molecule has 8 heteroatoms. The van der Waals surface area contributed by atoms with E-state index >= 15 is 0 Å². The van der Waals surface area contributed by atoms with Gasteiger partial charge in [-0.05, 0) is 55.2 Å². The van der Waals surface area contributed by atoms with Crippen LogP contribution in [0.4, 0.5) is 0 Å². The van der Waals surface area contributed by atoms with Gasteiger partial charge in [-0.25, -0.2) is 0 Å². The first-order chi connectivity index (χ1) is 15.9. The molecule has 1 fully saturated rings. The Morgan fingerprint density at radius 3 is 2.48 bits per heavy atom. The van der Waals surface area contributed by atoms with Gasteiger partial charge in [-0.3, -0.25) is 9.59 Å². The van der Waals surface area contributed by atoms with Crippen molar-refractivity contribution in [1.29, 1.82) is 0 Å². The number of hydrogen-bond acceptors (Lipinski definition) is 3. The summed E-state index contributed by atoms with van der Waals surface area (Å²) in [5.74, 6) is 0.0531. The fraction of sp³-hybridized carbons (Fsp3) is 0.440. The molecule has 0 aromatic heterocycles. The van der Waals surface area contributed by atoms with Gasteiger partial charge in [-0.2, -0.15) is 0 Å². The molecule has 0 heterocycles. The summed E-state index contributed by atoms with van der Waals surface area (Å²) < 4.78 is 5.68. The Labute approximate surface area is 210 Å². The van der Waals surface area contributed by atoms with Crippen LogP contribution >= 0.6 is 34.8 Å². The number of halogens is 3. The second kappa shape index (κ2) is 12.5. The summed E-state index contributed by atoms with van der Waals surface area (Å²) in [6.45, 7) is 1.90. The Morgan fingerprint density at radius 2 is 1.82 bits per heavy atom. The van der Waals surface area contributed by atoms with Crippen molar-refractivity contribution in [2.24, 2.45) is 0 Å². The zero-order valence-electron chi connectivity index (χ0n) is 18.7. The van der Waals surface area contributed by atoms with Crippen LogP contribution in [-0.4, -0.2) is 35.4 Å². The molecule has 1 aliphatic carbocycles. The van der Waals surface area contributed by atoms with Crippen molar-refractivity contribution in [3.05, 3.63) is 63.1 Å². The van der Waals surface area contributed by atoms with Crippen molar-refractivity contribution in [3.63, 3.8) is 0 Å². The highest BCUT2D eigenvalue weighted by molar-refractivity contribution is 6.42. The van der Waals surface area contributed by atoms with E-state index in [2.05, 4.69) is 5.32 Å². The Bertz CT molecular complexity index is 964. The van der Waals surface area contributed by atoms with Gasteiger partial charge >= 0.3 is 0 Å². The van der Waals surface area contributed by atoms with E-state index in [-0.39, 0.29) is 31.0 Å². The van der Waals surface area contributed by atoms with Gasteiger partial charge in [0.05, 0.1) is 10.0 Å². The van der Waals surface area contributed by atoms with E-state index < -0.39 is 6.04 Å². The average Bonchev–Trinajstić information content (AvgIpc) is 2.80. The first-order valence-electron chi connectivity index (χ1n) is 11.3. The molecule has 0 spiro atoms. The molecule has 178 valence electrons. The third kappa shape index (κ3) is 7.53. The molecule has 2 aromatic rings. The smallest absolute Gasteiger partial charge is 0.261 e. The quantitative estimate of drug-likeness (QED) is 0.431. The molecule has 1 N–H and O–H groups in total. The highest BCUT2D eigenvalue weighted by atomic mass is 35.5. The van der Waals surface area contributed by atoms with Crippen LogP contribution in [0.5, 0.6) is 5.75 Å². The van der Waals surface area contributed by atoms with Crippen molar-refractivity contribution in [1.82, 2.24) is 10.2 Å². The van der Waals surface area contributed by atoms with E-state index in [1.807, 2.05) is 6.92 Å². The Kier molecular flexibility index (Phi) is 9.72. The van der Waals surface area contributed by atoms with Crippen LogP contribution in [0.25, 0.3) is 0 Å². The van der Waals surface area contributed by atoms with Crippen LogP contribution in [0.3, 0.4) is 0 Å². The monoisotopic (exact) mass is 510 g/mol. The zero-order chi connectivity index (χ0) is 23.8. The number of carbonyl (C=O) groups is 2. The molecule has 0 aliphatic heterocycles. The minimum atomic E-state index is -0.628. The third-order valence-electron chi connectivity index (χ3n) is 5.83. The minimum Gasteiger partial charge on any atom is -0.484 e. The third-order valence-corrected chi connectivity index (χ3v) is 6.81. The van der Waals surface area contributed by atoms with Crippen molar-refractivity contribution < 1.29 is 14.3 Å². The Morgan fingerprint density at radius 1 is 1.06 bits per heavy atom. The first kappa shape index (κ1) is 25.7. The number of amides is 2. The van der Waals surface area contributed by atoms with Gasteiger partial charge in [0.15, 0.2) is 6.61 Å². The van der Waals surface area contributed by atoms with Crippen molar-refractivity contribution in [2.75, 3.05) is 6.61 Å². The molecule has 33 heavy (non-hydrogen) atoms. The highest BCUT2D eigenvalue weighted by Gasteiger charge is 2.30. The topological polar surface area (TPSA) is 58.6 Å². The number of nitrogens with zero attached hydrogens (tertiary/aromatic N) is 1. The highest BCUT2D eigenvalue weighted by Crippen LogP contribution is 2.25. The van der Waals surface area contributed by atoms with E-state index in [0.29, 0.717) is 27.2 Å². The van der Waals surface area contributed by atoms with Gasteiger partial charge in [0.2, 0.25) is 5.91 Å². The first-order valence-corrected chi connectivity index (χ1v) is 12.4. The number of rotatable bonds is 9. The number of benzene rings is 2. The summed E-state index contributed by atoms with van der Waals surface area (Å²) in [6.07, 6.45) is 5.85. The van der Waals surface area contributed by atoms with Crippen LogP contribution < -0.4 is 10.1 Å².